The van der Waals surface area contributed by atoms with E-state index in [4.69, 9.17) is 5.84 Å². The van der Waals surface area contributed by atoms with Crippen LogP contribution in [0.1, 0.15) is 11.4 Å². The van der Waals surface area contributed by atoms with E-state index in [1.807, 2.05) is 0 Å². The third kappa shape index (κ3) is 2.64. The van der Waals surface area contributed by atoms with Gasteiger partial charge in [0.1, 0.15) is 5.69 Å². The highest BCUT2D eigenvalue weighted by Crippen LogP contribution is 2.26. The van der Waals surface area contributed by atoms with Crippen molar-refractivity contribution in [1.29, 1.82) is 0 Å². The first-order valence-corrected chi connectivity index (χ1v) is 5.73. The Morgan fingerprint density at radius 2 is 2.25 bits per heavy atom. The highest BCUT2D eigenvalue weighted by atomic mass is 16.6. The minimum atomic E-state index is -0.527. The molecule has 20 heavy (non-hydrogen) atoms. The van der Waals surface area contributed by atoms with Crippen LogP contribution in [0.2, 0.25) is 0 Å². The fourth-order valence-electron chi connectivity index (χ4n) is 1.72. The van der Waals surface area contributed by atoms with Crippen LogP contribution < -0.4 is 16.6 Å². The SMILES string of the molecule is Cc1nc(NN)nc(NCc2ccnn2C)c1[N+](=O)[O-]. The minimum Gasteiger partial charge on any atom is -0.359 e. The van der Waals surface area contributed by atoms with Gasteiger partial charge in [-0.1, -0.05) is 0 Å². The lowest BCUT2D eigenvalue weighted by atomic mass is 10.3. The molecule has 10 heteroatoms. The molecule has 0 atom stereocenters. The molecule has 106 valence electrons. The predicted octanol–water partition coefficient (Wildman–Crippen LogP) is 0.324. The van der Waals surface area contributed by atoms with Crippen LogP contribution in [0.4, 0.5) is 17.5 Å². The molecule has 0 bridgehead atoms. The van der Waals surface area contributed by atoms with E-state index in [1.54, 1.807) is 24.0 Å². The zero-order valence-electron chi connectivity index (χ0n) is 11.0. The van der Waals surface area contributed by atoms with E-state index in [-0.39, 0.29) is 23.1 Å². The van der Waals surface area contributed by atoms with E-state index in [9.17, 15) is 10.1 Å². The van der Waals surface area contributed by atoms with Crippen LogP contribution in [0.15, 0.2) is 12.3 Å². The van der Waals surface area contributed by atoms with Gasteiger partial charge < -0.3 is 5.32 Å². The molecular weight excluding hydrogens is 264 g/mol. The van der Waals surface area contributed by atoms with Gasteiger partial charge in [0, 0.05) is 13.2 Å². The standard InChI is InChI=1S/C10H14N8O2/c1-6-8(18(19)20)9(15-10(14-6)16-11)12-5-7-3-4-13-17(7)2/h3-4H,5,11H2,1-2H3,(H2,12,14,15,16). The second-order valence-electron chi connectivity index (χ2n) is 4.03. The summed E-state index contributed by atoms with van der Waals surface area (Å²) in [7, 11) is 1.78. The fourth-order valence-corrected chi connectivity index (χ4v) is 1.72. The van der Waals surface area contributed by atoms with Crippen molar-refractivity contribution in [1.82, 2.24) is 19.7 Å². The van der Waals surface area contributed by atoms with Crippen molar-refractivity contribution < 1.29 is 4.92 Å². The van der Waals surface area contributed by atoms with Gasteiger partial charge in [-0.25, -0.2) is 10.8 Å². The van der Waals surface area contributed by atoms with Crippen molar-refractivity contribution in [3.05, 3.63) is 33.8 Å². The maximum Gasteiger partial charge on any atom is 0.332 e. The van der Waals surface area contributed by atoms with E-state index in [2.05, 4.69) is 25.8 Å². The third-order valence-electron chi connectivity index (χ3n) is 2.73. The van der Waals surface area contributed by atoms with Crippen molar-refractivity contribution in [2.45, 2.75) is 13.5 Å². The maximum atomic E-state index is 11.1. The summed E-state index contributed by atoms with van der Waals surface area (Å²) in [5.41, 5.74) is 3.19. The zero-order valence-corrected chi connectivity index (χ0v) is 11.0. The van der Waals surface area contributed by atoms with Crippen molar-refractivity contribution in [3.63, 3.8) is 0 Å². The fraction of sp³-hybridized carbons (Fsp3) is 0.300. The molecule has 0 spiro atoms. The molecular formula is C10H14N8O2. The van der Waals surface area contributed by atoms with E-state index < -0.39 is 4.92 Å². The Balaban J connectivity index is 2.31. The van der Waals surface area contributed by atoms with Crippen LogP contribution in [0.25, 0.3) is 0 Å². The van der Waals surface area contributed by atoms with Crippen molar-refractivity contribution >= 4 is 17.5 Å². The van der Waals surface area contributed by atoms with E-state index >= 15 is 0 Å². The monoisotopic (exact) mass is 278 g/mol. The second-order valence-corrected chi connectivity index (χ2v) is 4.03. The highest BCUT2D eigenvalue weighted by molar-refractivity contribution is 5.60. The number of nitrogens with one attached hydrogen (secondary N) is 2. The van der Waals surface area contributed by atoms with Crippen LogP contribution in [0.3, 0.4) is 0 Å². The summed E-state index contributed by atoms with van der Waals surface area (Å²) in [5, 5.41) is 18.0. The molecule has 4 N–H and O–H groups in total. The Morgan fingerprint density at radius 3 is 2.80 bits per heavy atom. The Bertz CT molecular complexity index is 638. The molecule has 10 nitrogen and oxygen atoms in total. The normalized spacial score (nSPS) is 10.3. The molecule has 0 aliphatic heterocycles. The van der Waals surface area contributed by atoms with Crippen LogP contribution in [-0.2, 0) is 13.6 Å². The van der Waals surface area contributed by atoms with Crippen LogP contribution in [-0.4, -0.2) is 24.7 Å². The molecule has 0 aromatic carbocycles. The number of aryl methyl sites for hydroxylation is 2. The van der Waals surface area contributed by atoms with Gasteiger partial charge in [0.15, 0.2) is 0 Å². The summed E-state index contributed by atoms with van der Waals surface area (Å²) in [6, 6.07) is 1.80. The second kappa shape index (κ2) is 5.48. The lowest BCUT2D eigenvalue weighted by molar-refractivity contribution is -0.385. The molecule has 0 radical (unpaired) electrons. The number of hydrogen-bond donors (Lipinski definition) is 3. The van der Waals surface area contributed by atoms with Gasteiger partial charge in [0.25, 0.3) is 0 Å². The van der Waals surface area contributed by atoms with Gasteiger partial charge in [0.05, 0.1) is 17.2 Å². The first kappa shape index (κ1) is 13.7. The van der Waals surface area contributed by atoms with Gasteiger partial charge in [-0.2, -0.15) is 10.1 Å². The lowest BCUT2D eigenvalue weighted by Gasteiger charge is -2.09. The van der Waals surface area contributed by atoms with E-state index in [1.165, 1.54) is 6.92 Å². The highest BCUT2D eigenvalue weighted by Gasteiger charge is 2.21. The Morgan fingerprint density at radius 1 is 1.50 bits per heavy atom. The molecule has 0 aliphatic carbocycles. The summed E-state index contributed by atoms with van der Waals surface area (Å²) in [5.74, 6) is 5.46. The number of rotatable bonds is 5. The minimum absolute atomic E-state index is 0.108. The van der Waals surface area contributed by atoms with Gasteiger partial charge >= 0.3 is 5.69 Å². The average Bonchev–Trinajstić information content (AvgIpc) is 2.80. The van der Waals surface area contributed by atoms with Crippen LogP contribution in [0.5, 0.6) is 0 Å². The molecule has 2 aromatic heterocycles. The van der Waals surface area contributed by atoms with Gasteiger partial charge in [-0.05, 0) is 13.0 Å². The number of aromatic nitrogens is 4. The quantitative estimate of drug-likeness (QED) is 0.404. The zero-order chi connectivity index (χ0) is 14.7. The molecule has 0 unspecified atom stereocenters. The molecule has 0 fully saturated rings. The largest absolute Gasteiger partial charge is 0.359 e. The summed E-state index contributed by atoms with van der Waals surface area (Å²) in [6.45, 7) is 1.87. The Hall–Kier alpha value is -2.75. The van der Waals surface area contributed by atoms with Crippen LogP contribution >= 0.6 is 0 Å². The number of hydrogen-bond acceptors (Lipinski definition) is 8. The lowest BCUT2D eigenvalue weighted by Crippen LogP contribution is -2.15. The molecule has 0 aliphatic rings. The van der Waals surface area contributed by atoms with Crippen molar-refractivity contribution in [2.24, 2.45) is 12.9 Å². The summed E-state index contributed by atoms with van der Waals surface area (Å²) < 4.78 is 1.66. The van der Waals surface area contributed by atoms with Crippen molar-refractivity contribution in [3.8, 4) is 0 Å². The maximum absolute atomic E-state index is 11.1. The molecule has 0 amide bonds. The van der Waals surface area contributed by atoms with E-state index in [0.717, 1.165) is 5.69 Å². The molecule has 2 heterocycles. The smallest absolute Gasteiger partial charge is 0.332 e. The van der Waals surface area contributed by atoms with Gasteiger partial charge in [-0.3, -0.25) is 20.2 Å². The van der Waals surface area contributed by atoms with Crippen LogP contribution in [0, 0.1) is 17.0 Å². The third-order valence-corrected chi connectivity index (χ3v) is 2.73. The summed E-state index contributed by atoms with van der Waals surface area (Å²) in [4.78, 5) is 18.4. The van der Waals surface area contributed by atoms with Gasteiger partial charge in [-0.15, -0.1) is 0 Å². The van der Waals surface area contributed by atoms with Gasteiger partial charge in [0.2, 0.25) is 11.8 Å². The first-order chi connectivity index (χ1) is 9.52. The summed E-state index contributed by atoms with van der Waals surface area (Å²) >= 11 is 0. The van der Waals surface area contributed by atoms with Crippen molar-refractivity contribution in [2.75, 3.05) is 10.7 Å². The average molecular weight is 278 g/mol. The number of nitrogens with two attached hydrogens (primary N) is 1. The topological polar surface area (TPSA) is 137 Å². The Kier molecular flexibility index (Phi) is 3.75. The molecule has 2 aromatic rings. The number of hydrazine groups is 1. The number of nitrogens with zero attached hydrogens (tertiary/aromatic N) is 5. The number of anilines is 2. The number of nitro groups is 1. The Labute approximate surface area is 114 Å². The molecule has 2 rings (SSSR count). The number of nitrogen functional groups attached to an aromatic ring is 1. The summed E-state index contributed by atoms with van der Waals surface area (Å²) in [6.07, 6.45) is 1.64. The predicted molar refractivity (Wildman–Crippen MR) is 71.8 cm³/mol. The molecule has 0 saturated carbocycles. The van der Waals surface area contributed by atoms with E-state index in [0.29, 0.717) is 6.54 Å². The first-order valence-electron chi connectivity index (χ1n) is 5.73. The molecule has 0 saturated heterocycles.